The van der Waals surface area contributed by atoms with Crippen LogP contribution in [0.2, 0.25) is 0 Å². The molecule has 0 radical (unpaired) electrons. The first-order valence-electron chi connectivity index (χ1n) is 5.27. The van der Waals surface area contributed by atoms with Gasteiger partial charge in [0.05, 0.1) is 0 Å². The Morgan fingerprint density at radius 1 is 1.40 bits per heavy atom. The molecule has 0 atom stereocenters. The molecule has 1 heterocycles. The van der Waals surface area contributed by atoms with Crippen molar-refractivity contribution in [3.63, 3.8) is 0 Å². The molecule has 2 nitrogen and oxygen atoms in total. The molecule has 0 N–H and O–H groups in total. The van der Waals surface area contributed by atoms with Gasteiger partial charge in [-0.05, 0) is 42.2 Å². The van der Waals surface area contributed by atoms with E-state index in [1.165, 1.54) is 23.7 Å². The number of nitrogens with zero attached hydrogens (tertiary/aromatic N) is 1. The lowest BCUT2D eigenvalue weighted by Crippen LogP contribution is -2.24. The van der Waals surface area contributed by atoms with E-state index in [9.17, 15) is 4.79 Å². The number of fused-ring (bicyclic) bond motifs is 1. The summed E-state index contributed by atoms with van der Waals surface area (Å²) in [5.41, 5.74) is 3.82. The average molecular weight is 201 g/mol. The molecule has 1 aliphatic heterocycles. The quantitative estimate of drug-likeness (QED) is 0.540. The van der Waals surface area contributed by atoms with Gasteiger partial charge in [-0.2, -0.15) is 0 Å². The van der Waals surface area contributed by atoms with Gasteiger partial charge >= 0.3 is 0 Å². The van der Waals surface area contributed by atoms with Gasteiger partial charge in [0.25, 0.3) is 0 Å². The van der Waals surface area contributed by atoms with E-state index in [-0.39, 0.29) is 0 Å². The summed E-state index contributed by atoms with van der Waals surface area (Å²) in [4.78, 5) is 12.5. The Morgan fingerprint density at radius 3 is 3.07 bits per heavy atom. The zero-order valence-corrected chi connectivity index (χ0v) is 8.94. The minimum absolute atomic E-state index is 0.811. The van der Waals surface area contributed by atoms with Crippen LogP contribution in [0.1, 0.15) is 17.5 Å². The van der Waals surface area contributed by atoms with Gasteiger partial charge in [-0.15, -0.1) is 0 Å². The van der Waals surface area contributed by atoms with Crippen molar-refractivity contribution < 1.29 is 4.79 Å². The number of aryl methyl sites for hydroxylation is 1. The molecule has 0 bridgehead atoms. The zero-order chi connectivity index (χ0) is 10.7. The van der Waals surface area contributed by atoms with Crippen molar-refractivity contribution >= 4 is 18.0 Å². The number of hydrogen-bond acceptors (Lipinski definition) is 2. The normalized spacial score (nSPS) is 15.4. The van der Waals surface area contributed by atoms with Gasteiger partial charge in [-0.3, -0.25) is 4.79 Å². The Kier molecular flexibility index (Phi) is 2.86. The minimum Gasteiger partial charge on any atom is -0.374 e. The number of carbonyl (C=O) groups is 1. The predicted molar refractivity (Wildman–Crippen MR) is 63.1 cm³/mol. The lowest BCUT2D eigenvalue weighted by Gasteiger charge is -2.27. The first-order valence-corrected chi connectivity index (χ1v) is 5.27. The van der Waals surface area contributed by atoms with Crippen molar-refractivity contribution in [1.82, 2.24) is 0 Å². The van der Waals surface area contributed by atoms with Gasteiger partial charge < -0.3 is 4.90 Å². The molecular formula is C13H15NO. The van der Waals surface area contributed by atoms with Crippen molar-refractivity contribution in [3.8, 4) is 0 Å². The predicted octanol–water partition coefficient (Wildman–Crippen LogP) is 2.28. The fraction of sp³-hybridized carbons (Fsp3) is 0.308. The monoisotopic (exact) mass is 201 g/mol. The summed E-state index contributed by atoms with van der Waals surface area (Å²) in [6.07, 6.45) is 6.55. The smallest absolute Gasteiger partial charge is 0.142 e. The topological polar surface area (TPSA) is 20.3 Å². The van der Waals surface area contributed by atoms with E-state index in [1.807, 2.05) is 6.08 Å². The van der Waals surface area contributed by atoms with E-state index < -0.39 is 0 Å². The van der Waals surface area contributed by atoms with Crippen LogP contribution in [-0.4, -0.2) is 19.9 Å². The van der Waals surface area contributed by atoms with Gasteiger partial charge in [0.15, 0.2) is 0 Å². The molecule has 0 fully saturated rings. The van der Waals surface area contributed by atoms with Crippen molar-refractivity contribution in [3.05, 3.63) is 35.4 Å². The van der Waals surface area contributed by atoms with E-state index in [4.69, 9.17) is 0 Å². The summed E-state index contributed by atoms with van der Waals surface area (Å²) in [6, 6.07) is 6.37. The first-order chi connectivity index (χ1) is 7.31. The van der Waals surface area contributed by atoms with Crippen LogP contribution in [-0.2, 0) is 11.2 Å². The summed E-state index contributed by atoms with van der Waals surface area (Å²) in [5, 5.41) is 0. The van der Waals surface area contributed by atoms with Crippen molar-refractivity contribution in [2.24, 2.45) is 0 Å². The van der Waals surface area contributed by atoms with Crippen LogP contribution in [0.25, 0.3) is 6.08 Å². The molecule has 0 aromatic heterocycles. The van der Waals surface area contributed by atoms with Crippen molar-refractivity contribution in [1.29, 1.82) is 0 Å². The molecule has 0 spiro atoms. The molecule has 1 aromatic rings. The molecular weight excluding hydrogens is 186 g/mol. The van der Waals surface area contributed by atoms with Crippen LogP contribution in [0.4, 0.5) is 5.69 Å². The molecule has 2 rings (SSSR count). The van der Waals surface area contributed by atoms with Gasteiger partial charge in [-0.1, -0.05) is 12.1 Å². The molecule has 0 amide bonds. The first kappa shape index (κ1) is 9.97. The summed E-state index contributed by atoms with van der Waals surface area (Å²) >= 11 is 0. The third-order valence-corrected chi connectivity index (χ3v) is 2.82. The maximum Gasteiger partial charge on any atom is 0.142 e. The second-order valence-corrected chi connectivity index (χ2v) is 3.91. The molecule has 0 saturated heterocycles. The Bertz CT molecular complexity index is 396. The molecule has 78 valence electrons. The molecule has 1 aliphatic rings. The third kappa shape index (κ3) is 2.09. The fourth-order valence-electron chi connectivity index (χ4n) is 2.06. The van der Waals surface area contributed by atoms with Crippen LogP contribution < -0.4 is 4.90 Å². The van der Waals surface area contributed by atoms with E-state index >= 15 is 0 Å². The summed E-state index contributed by atoms with van der Waals surface area (Å²) in [7, 11) is 2.12. The van der Waals surface area contributed by atoms with Crippen LogP contribution in [0.15, 0.2) is 24.3 Å². The number of allylic oxidation sites excluding steroid dienone is 1. The maximum atomic E-state index is 10.2. The lowest BCUT2D eigenvalue weighted by atomic mass is 9.99. The van der Waals surface area contributed by atoms with Gasteiger partial charge in [-0.25, -0.2) is 0 Å². The summed E-state index contributed by atoms with van der Waals surface area (Å²) < 4.78 is 0. The standard InChI is InChI=1S/C13H15NO/c1-14-8-2-5-12-10-11(4-3-9-15)6-7-13(12)14/h3-4,6-7,9-10H,2,5,8H2,1H3. The highest BCUT2D eigenvalue weighted by Gasteiger charge is 2.12. The number of rotatable bonds is 2. The average Bonchev–Trinajstić information content (AvgIpc) is 2.26. The number of anilines is 1. The largest absolute Gasteiger partial charge is 0.374 e. The SMILES string of the molecule is CN1CCCc2cc(C=CC=O)ccc21. The van der Waals surface area contributed by atoms with E-state index in [0.29, 0.717) is 0 Å². The molecule has 0 unspecified atom stereocenters. The van der Waals surface area contributed by atoms with Crippen LogP contribution in [0.5, 0.6) is 0 Å². The van der Waals surface area contributed by atoms with E-state index in [1.54, 1.807) is 0 Å². The molecule has 2 heteroatoms. The molecule has 15 heavy (non-hydrogen) atoms. The number of aldehydes is 1. The second kappa shape index (κ2) is 4.30. The van der Waals surface area contributed by atoms with Crippen LogP contribution in [0, 0.1) is 0 Å². The Labute approximate surface area is 90.2 Å². The molecule has 0 saturated carbocycles. The lowest BCUT2D eigenvalue weighted by molar-refractivity contribution is -0.104. The highest BCUT2D eigenvalue weighted by molar-refractivity contribution is 5.74. The molecule has 1 aromatic carbocycles. The van der Waals surface area contributed by atoms with Gasteiger partial charge in [0, 0.05) is 19.3 Å². The molecule has 0 aliphatic carbocycles. The Morgan fingerprint density at radius 2 is 2.27 bits per heavy atom. The van der Waals surface area contributed by atoms with Crippen molar-refractivity contribution in [2.45, 2.75) is 12.8 Å². The van der Waals surface area contributed by atoms with E-state index in [0.717, 1.165) is 24.8 Å². The van der Waals surface area contributed by atoms with E-state index in [2.05, 4.69) is 30.1 Å². The number of benzene rings is 1. The van der Waals surface area contributed by atoms with Gasteiger partial charge in [0.2, 0.25) is 0 Å². The fourth-order valence-corrected chi connectivity index (χ4v) is 2.06. The number of hydrogen-bond donors (Lipinski definition) is 0. The van der Waals surface area contributed by atoms with Gasteiger partial charge in [0.1, 0.15) is 6.29 Å². The zero-order valence-electron chi connectivity index (χ0n) is 8.94. The Hall–Kier alpha value is -1.57. The van der Waals surface area contributed by atoms with Crippen LogP contribution >= 0.6 is 0 Å². The highest BCUT2D eigenvalue weighted by Crippen LogP contribution is 2.26. The maximum absolute atomic E-state index is 10.2. The van der Waals surface area contributed by atoms with Crippen molar-refractivity contribution in [2.75, 3.05) is 18.5 Å². The Balaban J connectivity index is 2.33. The number of carbonyl (C=O) groups excluding carboxylic acids is 1. The highest BCUT2D eigenvalue weighted by atomic mass is 16.1. The summed E-state index contributed by atoms with van der Waals surface area (Å²) in [5.74, 6) is 0. The minimum atomic E-state index is 0.811. The third-order valence-electron chi connectivity index (χ3n) is 2.82. The summed E-state index contributed by atoms with van der Waals surface area (Å²) in [6.45, 7) is 1.14. The second-order valence-electron chi connectivity index (χ2n) is 3.91. The van der Waals surface area contributed by atoms with Crippen LogP contribution in [0.3, 0.4) is 0 Å².